The first-order valence-corrected chi connectivity index (χ1v) is 22.5. The van der Waals surface area contributed by atoms with Gasteiger partial charge in [0, 0.05) is 33.3 Å². The van der Waals surface area contributed by atoms with Gasteiger partial charge in [0.1, 0.15) is 0 Å². The fourth-order valence-corrected chi connectivity index (χ4v) is 10.7. The standard InChI is InChI=1S/C62H40N2O2/c65-61-50-26-13-15-27-53(50)62(45-17-5-1-6-18-45,46-19-7-2-8-20-46)54-38-42(29-33-51(54)61)44-32-36-58-60(40-44)66-59-39-43(31-35-57(59)64(58)48-23-11-4-12-24-48)41-30-34-56-52(37-41)49-25-14-16-28-55(49)63(56)47-21-9-3-10-22-47/h1-40H. The molecule has 11 aromatic rings. The molecular weight excluding hydrogens is 805 g/mol. The van der Waals surface area contributed by atoms with Gasteiger partial charge >= 0.3 is 0 Å². The lowest BCUT2D eigenvalue weighted by molar-refractivity contribution is 0.103. The van der Waals surface area contributed by atoms with Crippen molar-refractivity contribution in [2.24, 2.45) is 0 Å². The van der Waals surface area contributed by atoms with Crippen molar-refractivity contribution in [1.29, 1.82) is 0 Å². The van der Waals surface area contributed by atoms with Crippen molar-refractivity contribution in [2.45, 2.75) is 5.41 Å². The van der Waals surface area contributed by atoms with Gasteiger partial charge in [0.05, 0.1) is 27.8 Å². The van der Waals surface area contributed by atoms with E-state index in [-0.39, 0.29) is 5.78 Å². The summed E-state index contributed by atoms with van der Waals surface area (Å²) in [5.74, 6) is 1.56. The zero-order chi connectivity index (χ0) is 43.8. The van der Waals surface area contributed by atoms with Crippen molar-refractivity contribution >= 4 is 44.7 Å². The number of ether oxygens (including phenoxy) is 1. The Balaban J connectivity index is 0.953. The van der Waals surface area contributed by atoms with Crippen LogP contribution in [0.4, 0.5) is 17.1 Å². The molecule has 13 rings (SSSR count). The van der Waals surface area contributed by atoms with Gasteiger partial charge in [-0.15, -0.1) is 0 Å². The molecule has 0 N–H and O–H groups in total. The Morgan fingerprint density at radius 3 is 1.52 bits per heavy atom. The summed E-state index contributed by atoms with van der Waals surface area (Å²) in [5.41, 5.74) is 15.5. The maximum absolute atomic E-state index is 14.5. The fraction of sp³-hybridized carbons (Fsp3) is 0.0161. The molecule has 0 spiro atoms. The van der Waals surface area contributed by atoms with Gasteiger partial charge in [0.2, 0.25) is 0 Å². The van der Waals surface area contributed by atoms with Crippen molar-refractivity contribution in [1.82, 2.24) is 4.57 Å². The lowest BCUT2D eigenvalue weighted by Crippen LogP contribution is -2.38. The molecule has 310 valence electrons. The van der Waals surface area contributed by atoms with E-state index < -0.39 is 5.41 Å². The number of anilines is 3. The molecule has 0 atom stereocenters. The number of hydrogen-bond donors (Lipinski definition) is 0. The van der Waals surface area contributed by atoms with Crippen molar-refractivity contribution in [2.75, 3.05) is 4.90 Å². The number of hydrogen-bond acceptors (Lipinski definition) is 3. The summed E-state index contributed by atoms with van der Waals surface area (Å²) in [4.78, 5) is 16.8. The summed E-state index contributed by atoms with van der Waals surface area (Å²) < 4.78 is 9.38. The Labute approximate surface area is 382 Å². The molecule has 4 nitrogen and oxygen atoms in total. The van der Waals surface area contributed by atoms with E-state index in [0.29, 0.717) is 5.56 Å². The fourth-order valence-electron chi connectivity index (χ4n) is 10.7. The molecule has 1 aliphatic carbocycles. The first-order chi connectivity index (χ1) is 32.6. The molecule has 66 heavy (non-hydrogen) atoms. The summed E-state index contributed by atoms with van der Waals surface area (Å²) in [6.07, 6.45) is 0. The number of aromatic nitrogens is 1. The summed E-state index contributed by atoms with van der Waals surface area (Å²) in [7, 11) is 0. The molecule has 2 aliphatic rings. The number of nitrogens with zero attached hydrogens (tertiary/aromatic N) is 2. The quantitative estimate of drug-likeness (QED) is 0.167. The van der Waals surface area contributed by atoms with E-state index >= 15 is 0 Å². The highest BCUT2D eigenvalue weighted by molar-refractivity contribution is 6.14. The van der Waals surface area contributed by atoms with Crippen LogP contribution in [-0.4, -0.2) is 10.4 Å². The van der Waals surface area contributed by atoms with Crippen LogP contribution < -0.4 is 9.64 Å². The van der Waals surface area contributed by atoms with Gasteiger partial charge in [-0.25, -0.2) is 0 Å². The maximum Gasteiger partial charge on any atom is 0.193 e. The number of carbonyl (C=O) groups excluding carboxylic acids is 1. The van der Waals surface area contributed by atoms with E-state index in [4.69, 9.17) is 4.74 Å². The van der Waals surface area contributed by atoms with Crippen LogP contribution >= 0.6 is 0 Å². The second-order valence-electron chi connectivity index (χ2n) is 17.2. The zero-order valence-electron chi connectivity index (χ0n) is 35.8. The van der Waals surface area contributed by atoms with Crippen molar-refractivity contribution in [3.8, 4) is 39.4 Å². The largest absolute Gasteiger partial charge is 0.453 e. The molecule has 4 heteroatoms. The molecule has 0 saturated carbocycles. The van der Waals surface area contributed by atoms with Gasteiger partial charge < -0.3 is 14.2 Å². The second-order valence-corrected chi connectivity index (χ2v) is 17.2. The number of fused-ring (bicyclic) bond motifs is 7. The minimum atomic E-state index is -0.734. The molecule has 0 fully saturated rings. The van der Waals surface area contributed by atoms with Gasteiger partial charge in [-0.05, 0) is 117 Å². The average Bonchev–Trinajstić information content (AvgIpc) is 3.72. The molecule has 1 aromatic heterocycles. The van der Waals surface area contributed by atoms with E-state index in [1.54, 1.807) is 0 Å². The van der Waals surface area contributed by atoms with Crippen LogP contribution in [0.5, 0.6) is 11.5 Å². The second kappa shape index (κ2) is 14.9. The Kier molecular flexibility index (Phi) is 8.55. The monoisotopic (exact) mass is 844 g/mol. The molecular formula is C62H40N2O2. The van der Waals surface area contributed by atoms with E-state index in [9.17, 15) is 4.79 Å². The molecule has 1 aliphatic heterocycles. The smallest absolute Gasteiger partial charge is 0.193 e. The number of ketones is 1. The molecule has 10 aromatic carbocycles. The number of para-hydroxylation sites is 3. The van der Waals surface area contributed by atoms with Gasteiger partial charge in [0.25, 0.3) is 0 Å². The molecule has 0 amide bonds. The Morgan fingerprint density at radius 1 is 0.364 bits per heavy atom. The summed E-state index contributed by atoms with van der Waals surface area (Å²) in [6.45, 7) is 0. The van der Waals surface area contributed by atoms with Gasteiger partial charge in [-0.3, -0.25) is 4.79 Å². The van der Waals surface area contributed by atoms with Crippen molar-refractivity contribution in [3.63, 3.8) is 0 Å². The third-order valence-corrected chi connectivity index (χ3v) is 13.6. The summed E-state index contributed by atoms with van der Waals surface area (Å²) >= 11 is 0. The van der Waals surface area contributed by atoms with Crippen LogP contribution in [0.25, 0.3) is 49.7 Å². The Morgan fingerprint density at radius 2 is 0.848 bits per heavy atom. The van der Waals surface area contributed by atoms with Crippen LogP contribution in [-0.2, 0) is 5.41 Å². The first-order valence-electron chi connectivity index (χ1n) is 22.5. The topological polar surface area (TPSA) is 34.5 Å². The predicted molar refractivity (Wildman–Crippen MR) is 268 cm³/mol. The summed E-state index contributed by atoms with van der Waals surface area (Å²) in [6, 6.07) is 85.2. The molecule has 0 saturated heterocycles. The highest BCUT2D eigenvalue weighted by atomic mass is 16.5. The lowest BCUT2D eigenvalue weighted by atomic mass is 9.59. The van der Waals surface area contributed by atoms with Crippen LogP contribution in [0.15, 0.2) is 243 Å². The predicted octanol–water partition coefficient (Wildman–Crippen LogP) is 15.6. The molecule has 0 unspecified atom stereocenters. The van der Waals surface area contributed by atoms with Crippen LogP contribution in [0.3, 0.4) is 0 Å². The van der Waals surface area contributed by atoms with Gasteiger partial charge in [-0.2, -0.15) is 0 Å². The minimum Gasteiger partial charge on any atom is -0.453 e. The van der Waals surface area contributed by atoms with E-state index in [1.165, 1.54) is 16.3 Å². The Bertz CT molecular complexity index is 3650. The normalized spacial score (nSPS) is 13.4. The number of benzene rings is 10. The average molecular weight is 845 g/mol. The van der Waals surface area contributed by atoms with Crippen molar-refractivity contribution in [3.05, 3.63) is 276 Å². The minimum absolute atomic E-state index is 0.0374. The van der Waals surface area contributed by atoms with E-state index in [2.05, 4.69) is 222 Å². The van der Waals surface area contributed by atoms with Crippen LogP contribution in [0.2, 0.25) is 0 Å². The first kappa shape index (κ1) is 37.8. The lowest BCUT2D eigenvalue weighted by Gasteiger charge is -2.42. The highest BCUT2D eigenvalue weighted by Crippen LogP contribution is 2.54. The SMILES string of the molecule is O=C1c2ccccc2C(c2ccccc2)(c2ccccc2)c2cc(-c3ccc4c(c3)Oc3cc(-c5ccc6c(c5)c5ccccc5n6-c5ccccc5)ccc3N4c3ccccc3)ccc21. The summed E-state index contributed by atoms with van der Waals surface area (Å²) in [5, 5.41) is 2.41. The van der Waals surface area contributed by atoms with E-state index in [0.717, 1.165) is 89.8 Å². The van der Waals surface area contributed by atoms with Crippen molar-refractivity contribution < 1.29 is 9.53 Å². The highest BCUT2D eigenvalue weighted by Gasteiger charge is 2.46. The third kappa shape index (κ3) is 5.68. The molecule has 0 radical (unpaired) electrons. The number of rotatable bonds is 6. The molecule has 2 heterocycles. The van der Waals surface area contributed by atoms with Crippen LogP contribution in [0.1, 0.15) is 38.2 Å². The Hall–Kier alpha value is -8.73. The zero-order valence-corrected chi connectivity index (χ0v) is 35.8. The number of carbonyl (C=O) groups is 1. The maximum atomic E-state index is 14.5. The van der Waals surface area contributed by atoms with Gasteiger partial charge in [0.15, 0.2) is 17.3 Å². The van der Waals surface area contributed by atoms with Gasteiger partial charge in [-0.1, -0.05) is 170 Å². The third-order valence-electron chi connectivity index (χ3n) is 13.6. The van der Waals surface area contributed by atoms with E-state index in [1.807, 2.05) is 30.3 Å². The van der Waals surface area contributed by atoms with Crippen LogP contribution in [0, 0.1) is 0 Å². The molecule has 0 bridgehead atoms.